The fraction of sp³-hybridized carbons (Fsp3) is 0.421. The summed E-state index contributed by atoms with van der Waals surface area (Å²) in [4.78, 5) is 22.9. The molecule has 7 heteroatoms. The smallest absolute Gasteiger partial charge is 0.238 e. The van der Waals surface area contributed by atoms with Gasteiger partial charge >= 0.3 is 0 Å². The van der Waals surface area contributed by atoms with E-state index in [0.29, 0.717) is 19.0 Å². The zero-order chi connectivity index (χ0) is 17.6. The zero-order valence-electron chi connectivity index (χ0n) is 15.1. The van der Waals surface area contributed by atoms with Gasteiger partial charge in [-0.25, -0.2) is 4.98 Å². The van der Waals surface area contributed by atoms with Crippen molar-refractivity contribution >= 4 is 18.3 Å². The highest BCUT2D eigenvalue weighted by Gasteiger charge is 2.25. The van der Waals surface area contributed by atoms with Gasteiger partial charge in [0, 0.05) is 25.2 Å². The monoisotopic (exact) mass is 376 g/mol. The van der Waals surface area contributed by atoms with Crippen molar-refractivity contribution < 1.29 is 9.53 Å². The quantitative estimate of drug-likeness (QED) is 0.869. The van der Waals surface area contributed by atoms with Crippen LogP contribution in [0.15, 0.2) is 36.7 Å². The van der Waals surface area contributed by atoms with Gasteiger partial charge in [-0.1, -0.05) is 12.1 Å². The van der Waals surface area contributed by atoms with E-state index in [1.54, 1.807) is 19.4 Å². The van der Waals surface area contributed by atoms with Crippen LogP contribution in [0.25, 0.3) is 0 Å². The van der Waals surface area contributed by atoms with E-state index in [9.17, 15) is 4.79 Å². The maximum Gasteiger partial charge on any atom is 0.238 e. The summed E-state index contributed by atoms with van der Waals surface area (Å²) in [6.45, 7) is 3.88. The number of nitrogens with one attached hydrogen (secondary N) is 1. The van der Waals surface area contributed by atoms with Gasteiger partial charge in [0.2, 0.25) is 11.8 Å². The Labute approximate surface area is 160 Å². The molecule has 1 fully saturated rings. The molecule has 1 aliphatic heterocycles. The lowest BCUT2D eigenvalue weighted by Crippen LogP contribution is -2.43. The molecule has 0 spiro atoms. The first-order chi connectivity index (χ1) is 12.2. The lowest BCUT2D eigenvalue weighted by Gasteiger charge is -2.32. The summed E-state index contributed by atoms with van der Waals surface area (Å²) >= 11 is 0. The molecular weight excluding hydrogens is 352 g/mol. The van der Waals surface area contributed by atoms with Crippen LogP contribution in [-0.4, -0.2) is 47.5 Å². The minimum absolute atomic E-state index is 0. The second-order valence-corrected chi connectivity index (χ2v) is 6.41. The molecule has 0 saturated carbocycles. The maximum absolute atomic E-state index is 12.1. The highest BCUT2D eigenvalue weighted by Crippen LogP contribution is 2.27. The van der Waals surface area contributed by atoms with Crippen LogP contribution in [0.3, 0.4) is 0 Å². The van der Waals surface area contributed by atoms with Gasteiger partial charge in [0.15, 0.2) is 0 Å². The predicted molar refractivity (Wildman–Crippen MR) is 103 cm³/mol. The minimum atomic E-state index is 0. The van der Waals surface area contributed by atoms with Gasteiger partial charge in [0.05, 0.1) is 18.4 Å². The molecule has 1 N–H and O–H groups in total. The highest BCUT2D eigenvalue weighted by molar-refractivity contribution is 5.85. The second kappa shape index (κ2) is 9.50. The van der Waals surface area contributed by atoms with E-state index in [0.717, 1.165) is 36.4 Å². The lowest BCUT2D eigenvalue weighted by atomic mass is 9.95. The van der Waals surface area contributed by atoms with Crippen molar-refractivity contribution in [1.29, 1.82) is 0 Å². The molecule has 3 rings (SSSR count). The van der Waals surface area contributed by atoms with Crippen molar-refractivity contribution in [3.05, 3.63) is 47.9 Å². The number of halogens is 1. The standard InChI is InChI=1S/C19H24N4O2.ClH/c1-14-5-3-7-16(9-14)25-18-11-21-10-17(22-18)15-6-4-8-23(13-15)19(24)12-20-2;/h3,5,7,9-11,15,20H,4,6,8,12-13H2,1-2H3;1H. The van der Waals surface area contributed by atoms with Crippen LogP contribution in [-0.2, 0) is 4.79 Å². The van der Waals surface area contributed by atoms with E-state index in [4.69, 9.17) is 4.74 Å². The van der Waals surface area contributed by atoms with E-state index in [1.165, 1.54) is 0 Å². The van der Waals surface area contributed by atoms with Crippen LogP contribution in [0.5, 0.6) is 11.6 Å². The minimum Gasteiger partial charge on any atom is -0.437 e. The summed E-state index contributed by atoms with van der Waals surface area (Å²) in [5.74, 6) is 1.57. The summed E-state index contributed by atoms with van der Waals surface area (Å²) < 4.78 is 5.84. The summed E-state index contributed by atoms with van der Waals surface area (Å²) in [5, 5.41) is 2.92. The number of ether oxygens (including phenoxy) is 1. The molecule has 1 aromatic heterocycles. The molecule has 1 unspecified atom stereocenters. The predicted octanol–water partition coefficient (Wildman–Crippen LogP) is 2.92. The Morgan fingerprint density at radius 3 is 3.00 bits per heavy atom. The third kappa shape index (κ3) is 5.16. The number of benzene rings is 1. The normalized spacial score (nSPS) is 16.7. The number of rotatable bonds is 5. The van der Waals surface area contributed by atoms with E-state index >= 15 is 0 Å². The first kappa shape index (κ1) is 20.1. The first-order valence-electron chi connectivity index (χ1n) is 8.64. The van der Waals surface area contributed by atoms with Crippen LogP contribution in [0.1, 0.15) is 30.0 Å². The van der Waals surface area contributed by atoms with E-state index < -0.39 is 0 Å². The summed E-state index contributed by atoms with van der Waals surface area (Å²) in [6.07, 6.45) is 5.38. The number of likely N-dealkylation sites (N-methyl/N-ethyl adjacent to an activating group) is 1. The van der Waals surface area contributed by atoms with Crippen LogP contribution in [0.2, 0.25) is 0 Å². The molecule has 1 saturated heterocycles. The Morgan fingerprint density at radius 1 is 1.38 bits per heavy atom. The number of aromatic nitrogens is 2. The Bertz CT molecular complexity index is 741. The van der Waals surface area contributed by atoms with Crippen molar-refractivity contribution in [3.63, 3.8) is 0 Å². The van der Waals surface area contributed by atoms with Crippen molar-refractivity contribution in [2.75, 3.05) is 26.7 Å². The molecule has 140 valence electrons. The SMILES string of the molecule is CNCC(=O)N1CCCC(c2cncc(Oc3cccc(C)c3)n2)C1.Cl. The van der Waals surface area contributed by atoms with Crippen LogP contribution in [0.4, 0.5) is 0 Å². The molecule has 1 aromatic carbocycles. The molecule has 0 bridgehead atoms. The molecule has 2 heterocycles. The van der Waals surface area contributed by atoms with Crippen LogP contribution >= 0.6 is 12.4 Å². The van der Waals surface area contributed by atoms with Gasteiger partial charge in [-0.2, -0.15) is 0 Å². The van der Waals surface area contributed by atoms with Crippen LogP contribution in [0, 0.1) is 6.92 Å². The summed E-state index contributed by atoms with van der Waals surface area (Å²) in [5.41, 5.74) is 2.01. The molecular formula is C19H25ClN4O2. The first-order valence-corrected chi connectivity index (χ1v) is 8.64. The Morgan fingerprint density at radius 2 is 2.23 bits per heavy atom. The summed E-state index contributed by atoms with van der Waals surface area (Å²) in [7, 11) is 1.79. The zero-order valence-corrected chi connectivity index (χ0v) is 16.0. The number of nitrogens with zero attached hydrogens (tertiary/aromatic N) is 3. The molecule has 0 radical (unpaired) electrons. The Kier molecular flexibility index (Phi) is 7.36. The van der Waals surface area contributed by atoms with E-state index in [2.05, 4.69) is 15.3 Å². The molecule has 1 atom stereocenters. The van der Waals surface area contributed by atoms with Crippen molar-refractivity contribution in [2.24, 2.45) is 0 Å². The molecule has 0 aliphatic carbocycles. The second-order valence-electron chi connectivity index (χ2n) is 6.41. The van der Waals surface area contributed by atoms with Gasteiger partial charge in [0.25, 0.3) is 0 Å². The largest absolute Gasteiger partial charge is 0.437 e. The Hall–Kier alpha value is -2.18. The Balaban J connectivity index is 0.00000243. The number of amides is 1. The number of piperidine rings is 1. The molecule has 2 aromatic rings. The fourth-order valence-corrected chi connectivity index (χ4v) is 3.12. The van der Waals surface area contributed by atoms with Gasteiger partial charge in [0.1, 0.15) is 5.75 Å². The van der Waals surface area contributed by atoms with Crippen molar-refractivity contribution in [2.45, 2.75) is 25.7 Å². The number of carbonyl (C=O) groups is 1. The van der Waals surface area contributed by atoms with E-state index in [-0.39, 0.29) is 24.2 Å². The van der Waals surface area contributed by atoms with Gasteiger partial charge in [-0.05, 0) is 44.5 Å². The van der Waals surface area contributed by atoms with Crippen LogP contribution < -0.4 is 10.1 Å². The average Bonchev–Trinajstić information content (AvgIpc) is 2.62. The van der Waals surface area contributed by atoms with Crippen molar-refractivity contribution in [1.82, 2.24) is 20.2 Å². The van der Waals surface area contributed by atoms with E-state index in [1.807, 2.05) is 36.1 Å². The molecule has 1 amide bonds. The van der Waals surface area contributed by atoms with Gasteiger partial charge < -0.3 is 15.0 Å². The highest BCUT2D eigenvalue weighted by atomic mass is 35.5. The third-order valence-electron chi connectivity index (χ3n) is 4.36. The van der Waals surface area contributed by atoms with Crippen molar-refractivity contribution in [3.8, 4) is 11.6 Å². The fourth-order valence-electron chi connectivity index (χ4n) is 3.12. The number of hydrogen-bond donors (Lipinski definition) is 1. The average molecular weight is 377 g/mol. The number of aryl methyl sites for hydroxylation is 1. The number of hydrogen-bond acceptors (Lipinski definition) is 5. The molecule has 26 heavy (non-hydrogen) atoms. The van der Waals surface area contributed by atoms with Gasteiger partial charge in [-0.3, -0.25) is 9.78 Å². The summed E-state index contributed by atoms with van der Waals surface area (Å²) in [6, 6.07) is 7.84. The number of likely N-dealkylation sites (tertiary alicyclic amines) is 1. The third-order valence-corrected chi connectivity index (χ3v) is 4.36. The van der Waals surface area contributed by atoms with Gasteiger partial charge in [-0.15, -0.1) is 12.4 Å². The lowest BCUT2D eigenvalue weighted by molar-refractivity contribution is -0.131. The molecule has 6 nitrogen and oxygen atoms in total. The molecule has 1 aliphatic rings. The number of carbonyl (C=O) groups excluding carboxylic acids is 1. The topological polar surface area (TPSA) is 67.4 Å². The maximum atomic E-state index is 12.1.